The third-order valence-electron chi connectivity index (χ3n) is 3.47. The lowest BCUT2D eigenvalue weighted by atomic mass is 10.1. The molecule has 0 aliphatic carbocycles. The van der Waals surface area contributed by atoms with Gasteiger partial charge in [0.05, 0.1) is 29.2 Å². The zero-order valence-electron chi connectivity index (χ0n) is 13.2. The standard InChI is InChI=1S/C17H13FN6O/c1-24-15(17(25)22-21-13-6-7-16(18)20-10-13)8-14(23-24)12-4-2-11(9-19)3-5-12/h2-8,10,21H,1H3,(H,22,25). The monoisotopic (exact) mass is 336 g/mol. The average molecular weight is 336 g/mol. The molecule has 25 heavy (non-hydrogen) atoms. The van der Waals surface area contributed by atoms with E-state index < -0.39 is 11.9 Å². The van der Waals surface area contributed by atoms with E-state index in [9.17, 15) is 9.18 Å². The number of nitrogens with zero attached hydrogens (tertiary/aromatic N) is 4. The van der Waals surface area contributed by atoms with Crippen molar-refractivity contribution in [3.63, 3.8) is 0 Å². The topological polar surface area (TPSA) is 95.6 Å². The van der Waals surface area contributed by atoms with Gasteiger partial charge in [-0.15, -0.1) is 0 Å². The molecular formula is C17H13FN6O. The molecule has 3 aromatic rings. The predicted octanol–water partition coefficient (Wildman–Crippen LogP) is 2.25. The SMILES string of the molecule is Cn1nc(-c2ccc(C#N)cc2)cc1C(=O)NNc1ccc(F)nc1. The van der Waals surface area contributed by atoms with E-state index in [1.807, 2.05) is 6.07 Å². The smallest absolute Gasteiger partial charge is 0.287 e. The number of halogens is 1. The summed E-state index contributed by atoms with van der Waals surface area (Å²) >= 11 is 0. The lowest BCUT2D eigenvalue weighted by Gasteiger charge is -2.07. The molecule has 0 aliphatic heterocycles. The summed E-state index contributed by atoms with van der Waals surface area (Å²) in [7, 11) is 1.65. The molecule has 3 rings (SSSR count). The van der Waals surface area contributed by atoms with E-state index >= 15 is 0 Å². The van der Waals surface area contributed by atoms with Crippen molar-refractivity contribution in [2.45, 2.75) is 0 Å². The van der Waals surface area contributed by atoms with E-state index in [1.165, 1.54) is 23.0 Å². The van der Waals surface area contributed by atoms with E-state index in [0.717, 1.165) is 5.56 Å². The Balaban J connectivity index is 1.73. The minimum Gasteiger partial charge on any atom is -0.297 e. The highest BCUT2D eigenvalue weighted by atomic mass is 19.1. The first-order valence-corrected chi connectivity index (χ1v) is 7.29. The van der Waals surface area contributed by atoms with Crippen molar-refractivity contribution in [1.82, 2.24) is 20.2 Å². The lowest BCUT2D eigenvalue weighted by molar-refractivity contribution is 0.0953. The number of amides is 1. The molecule has 0 fully saturated rings. The second-order valence-electron chi connectivity index (χ2n) is 5.18. The third-order valence-corrected chi connectivity index (χ3v) is 3.47. The molecule has 0 aliphatic rings. The molecule has 2 aromatic heterocycles. The third kappa shape index (κ3) is 3.61. The number of carbonyl (C=O) groups excluding carboxylic acids is 1. The average Bonchev–Trinajstić information content (AvgIpc) is 3.03. The number of anilines is 1. The highest BCUT2D eigenvalue weighted by molar-refractivity contribution is 5.94. The summed E-state index contributed by atoms with van der Waals surface area (Å²) in [6.45, 7) is 0. The maximum Gasteiger partial charge on any atom is 0.287 e. The summed E-state index contributed by atoms with van der Waals surface area (Å²) in [5.74, 6) is -1.00. The summed E-state index contributed by atoms with van der Waals surface area (Å²) in [6.07, 6.45) is 1.26. The zero-order valence-corrected chi connectivity index (χ0v) is 13.2. The number of carbonyl (C=O) groups is 1. The van der Waals surface area contributed by atoms with E-state index in [4.69, 9.17) is 5.26 Å². The van der Waals surface area contributed by atoms with Gasteiger partial charge >= 0.3 is 0 Å². The summed E-state index contributed by atoms with van der Waals surface area (Å²) in [5, 5.41) is 13.1. The van der Waals surface area contributed by atoms with E-state index in [1.54, 1.807) is 37.4 Å². The maximum absolute atomic E-state index is 12.8. The fraction of sp³-hybridized carbons (Fsp3) is 0.0588. The molecule has 2 N–H and O–H groups in total. The Labute approximate surface area is 142 Å². The summed E-state index contributed by atoms with van der Waals surface area (Å²) in [6, 6.07) is 13.2. The Hall–Kier alpha value is -3.73. The van der Waals surface area contributed by atoms with Crippen LogP contribution < -0.4 is 10.9 Å². The summed E-state index contributed by atoms with van der Waals surface area (Å²) in [4.78, 5) is 15.8. The maximum atomic E-state index is 12.8. The highest BCUT2D eigenvalue weighted by Gasteiger charge is 2.14. The molecule has 2 heterocycles. The number of nitrogens with one attached hydrogen (secondary N) is 2. The summed E-state index contributed by atoms with van der Waals surface area (Å²) < 4.78 is 14.2. The normalized spacial score (nSPS) is 10.1. The highest BCUT2D eigenvalue weighted by Crippen LogP contribution is 2.19. The second-order valence-corrected chi connectivity index (χ2v) is 5.18. The number of rotatable bonds is 4. The quantitative estimate of drug-likeness (QED) is 0.563. The number of hydrazine groups is 1. The van der Waals surface area contributed by atoms with Crippen molar-refractivity contribution < 1.29 is 9.18 Å². The molecule has 8 heteroatoms. The molecule has 0 atom stereocenters. The number of benzene rings is 1. The van der Waals surface area contributed by atoms with E-state index in [0.29, 0.717) is 22.6 Å². The minimum absolute atomic E-state index is 0.335. The van der Waals surface area contributed by atoms with Crippen molar-refractivity contribution in [1.29, 1.82) is 5.26 Å². The fourth-order valence-corrected chi connectivity index (χ4v) is 2.18. The predicted molar refractivity (Wildman–Crippen MR) is 88.6 cm³/mol. The number of aryl methyl sites for hydroxylation is 1. The van der Waals surface area contributed by atoms with Gasteiger partial charge in [-0.2, -0.15) is 14.8 Å². The molecule has 0 saturated heterocycles. The van der Waals surface area contributed by atoms with Crippen LogP contribution in [0, 0.1) is 17.3 Å². The van der Waals surface area contributed by atoms with Crippen LogP contribution in [0.1, 0.15) is 16.1 Å². The minimum atomic E-state index is -0.601. The molecule has 0 unspecified atom stereocenters. The van der Waals surface area contributed by atoms with E-state index in [2.05, 4.69) is 20.9 Å². The van der Waals surface area contributed by atoms with Crippen LogP contribution in [-0.4, -0.2) is 20.7 Å². The molecule has 1 aromatic carbocycles. The Morgan fingerprint density at radius 2 is 2.00 bits per heavy atom. The van der Waals surface area contributed by atoms with Gasteiger partial charge in [0.1, 0.15) is 5.69 Å². The number of hydrogen-bond donors (Lipinski definition) is 2. The molecule has 124 valence electrons. The van der Waals surface area contributed by atoms with Crippen LogP contribution in [0.5, 0.6) is 0 Å². The second kappa shape index (κ2) is 6.80. The van der Waals surface area contributed by atoms with E-state index in [-0.39, 0.29) is 0 Å². The van der Waals surface area contributed by atoms with Gasteiger partial charge in [0, 0.05) is 12.6 Å². The molecule has 0 saturated carbocycles. The van der Waals surface area contributed by atoms with Crippen molar-refractivity contribution in [2.24, 2.45) is 7.05 Å². The van der Waals surface area contributed by atoms with Gasteiger partial charge in [0.15, 0.2) is 0 Å². The molecule has 0 bridgehead atoms. The molecule has 0 radical (unpaired) electrons. The Bertz CT molecular complexity index is 941. The van der Waals surface area contributed by atoms with Gasteiger partial charge in [-0.3, -0.25) is 20.3 Å². The number of pyridine rings is 1. The fourth-order valence-electron chi connectivity index (χ4n) is 2.18. The van der Waals surface area contributed by atoms with Crippen molar-refractivity contribution in [2.75, 3.05) is 5.43 Å². The van der Waals surface area contributed by atoms with Crippen LogP contribution in [0.3, 0.4) is 0 Å². The first-order chi connectivity index (χ1) is 12.1. The largest absolute Gasteiger partial charge is 0.297 e. The van der Waals surface area contributed by atoms with Gasteiger partial charge < -0.3 is 0 Å². The number of nitriles is 1. The van der Waals surface area contributed by atoms with Gasteiger partial charge in [-0.1, -0.05) is 12.1 Å². The number of aromatic nitrogens is 3. The van der Waals surface area contributed by atoms with Crippen LogP contribution in [0.2, 0.25) is 0 Å². The lowest BCUT2D eigenvalue weighted by Crippen LogP contribution is -2.30. The van der Waals surface area contributed by atoms with Crippen LogP contribution in [0.4, 0.5) is 10.1 Å². The van der Waals surface area contributed by atoms with Gasteiger partial charge in [0.2, 0.25) is 5.95 Å². The van der Waals surface area contributed by atoms with Crippen LogP contribution in [0.25, 0.3) is 11.3 Å². The Kier molecular flexibility index (Phi) is 4.39. The van der Waals surface area contributed by atoms with Crippen molar-refractivity contribution in [3.05, 3.63) is 65.9 Å². The Morgan fingerprint density at radius 3 is 2.64 bits per heavy atom. The first kappa shape index (κ1) is 16.1. The summed E-state index contributed by atoms with van der Waals surface area (Å²) in [5.41, 5.74) is 7.90. The zero-order chi connectivity index (χ0) is 17.8. The molecule has 1 amide bonds. The van der Waals surface area contributed by atoms with Gasteiger partial charge in [-0.05, 0) is 30.3 Å². The Morgan fingerprint density at radius 1 is 1.24 bits per heavy atom. The molecular weight excluding hydrogens is 323 g/mol. The van der Waals surface area contributed by atoms with Gasteiger partial charge in [0.25, 0.3) is 5.91 Å². The van der Waals surface area contributed by atoms with Crippen molar-refractivity contribution >= 4 is 11.6 Å². The van der Waals surface area contributed by atoms with Crippen molar-refractivity contribution in [3.8, 4) is 17.3 Å². The molecule has 7 nitrogen and oxygen atoms in total. The van der Waals surface area contributed by atoms with Crippen LogP contribution >= 0.6 is 0 Å². The number of hydrogen-bond acceptors (Lipinski definition) is 5. The van der Waals surface area contributed by atoms with Crippen LogP contribution in [-0.2, 0) is 7.05 Å². The van der Waals surface area contributed by atoms with Gasteiger partial charge in [-0.25, -0.2) is 4.98 Å². The molecule has 0 spiro atoms. The van der Waals surface area contributed by atoms with Crippen LogP contribution in [0.15, 0.2) is 48.7 Å². The first-order valence-electron chi connectivity index (χ1n) is 7.29.